The molecule has 4 aromatic rings. The number of halogens is 1. The number of aromatic amines is 1. The number of fused-ring (bicyclic) bond motifs is 1. The highest BCUT2D eigenvalue weighted by Crippen LogP contribution is 2.15. The molecule has 29 heavy (non-hydrogen) atoms. The van der Waals surface area contributed by atoms with Crippen LogP contribution in [0.4, 0.5) is 10.3 Å². The Morgan fingerprint density at radius 3 is 2.69 bits per heavy atom. The number of nitrogens with zero attached hydrogens (tertiary/aromatic N) is 3. The van der Waals surface area contributed by atoms with Gasteiger partial charge in [0, 0.05) is 18.3 Å². The van der Waals surface area contributed by atoms with Crippen molar-refractivity contribution in [3.05, 3.63) is 92.0 Å². The summed E-state index contributed by atoms with van der Waals surface area (Å²) in [6.07, 6.45) is 1.35. The maximum absolute atomic E-state index is 13.7. The minimum atomic E-state index is -0.588. The molecule has 4 rings (SSSR count). The molecule has 146 valence electrons. The zero-order chi connectivity index (χ0) is 20.5. The van der Waals surface area contributed by atoms with Gasteiger partial charge in [-0.15, -0.1) is 0 Å². The Morgan fingerprint density at radius 1 is 1.10 bits per heavy atom. The molecule has 0 fully saturated rings. The van der Waals surface area contributed by atoms with Crippen molar-refractivity contribution in [2.24, 2.45) is 0 Å². The SMILES string of the molecule is Cc1cccc(-n2c(=O)[nH]c3nc(NCc4ccccc4F)ncc3c2=O)c1C. The maximum atomic E-state index is 13.7. The van der Waals surface area contributed by atoms with E-state index in [2.05, 4.69) is 20.3 Å². The van der Waals surface area contributed by atoms with Crippen LogP contribution in [0.2, 0.25) is 0 Å². The van der Waals surface area contributed by atoms with Crippen molar-refractivity contribution >= 4 is 17.0 Å². The topological polar surface area (TPSA) is 92.7 Å². The Labute approximate surface area is 164 Å². The molecule has 8 heteroatoms. The molecule has 2 N–H and O–H groups in total. The van der Waals surface area contributed by atoms with E-state index in [1.54, 1.807) is 30.3 Å². The molecule has 0 spiro atoms. The number of benzene rings is 2. The predicted octanol–water partition coefficient (Wildman–Crippen LogP) is 2.84. The third-order valence-electron chi connectivity index (χ3n) is 4.86. The third-order valence-corrected chi connectivity index (χ3v) is 4.86. The van der Waals surface area contributed by atoms with Crippen LogP contribution in [0.15, 0.2) is 58.3 Å². The van der Waals surface area contributed by atoms with Crippen LogP contribution in [0.5, 0.6) is 0 Å². The molecule has 0 aliphatic carbocycles. The van der Waals surface area contributed by atoms with Crippen LogP contribution in [0.1, 0.15) is 16.7 Å². The molecule has 0 saturated carbocycles. The van der Waals surface area contributed by atoms with Gasteiger partial charge in [-0.3, -0.25) is 9.78 Å². The lowest BCUT2D eigenvalue weighted by Crippen LogP contribution is -2.34. The standard InChI is InChI=1S/C21H18FN5O2/c1-12-6-5-9-17(13(12)2)27-19(28)15-11-24-20(25-18(15)26-21(27)29)23-10-14-7-3-4-8-16(14)22/h3-9,11H,10H2,1-2H3,(H2,23,24,25,26,29). The number of hydrogen-bond acceptors (Lipinski definition) is 5. The molecule has 0 saturated heterocycles. The zero-order valence-electron chi connectivity index (χ0n) is 15.9. The molecule has 0 aliphatic rings. The first-order chi connectivity index (χ1) is 14.0. The van der Waals surface area contributed by atoms with E-state index in [1.165, 1.54) is 12.3 Å². The fraction of sp³-hybridized carbons (Fsp3) is 0.143. The summed E-state index contributed by atoms with van der Waals surface area (Å²) in [4.78, 5) is 36.5. The molecule has 2 aromatic carbocycles. The second-order valence-electron chi connectivity index (χ2n) is 6.69. The van der Waals surface area contributed by atoms with E-state index in [-0.39, 0.29) is 29.3 Å². The minimum absolute atomic E-state index is 0.118. The van der Waals surface area contributed by atoms with Crippen LogP contribution in [-0.2, 0) is 6.54 Å². The lowest BCUT2D eigenvalue weighted by molar-refractivity contribution is 0.612. The van der Waals surface area contributed by atoms with E-state index in [1.807, 2.05) is 19.9 Å². The number of rotatable bonds is 4. The molecule has 2 heterocycles. The highest BCUT2D eigenvalue weighted by Gasteiger charge is 2.14. The van der Waals surface area contributed by atoms with Crippen molar-refractivity contribution in [2.75, 3.05) is 5.32 Å². The van der Waals surface area contributed by atoms with Gasteiger partial charge in [0.25, 0.3) is 5.56 Å². The van der Waals surface area contributed by atoms with Gasteiger partial charge in [0.15, 0.2) is 5.65 Å². The first kappa shape index (κ1) is 18.5. The van der Waals surface area contributed by atoms with Crippen LogP contribution in [0.3, 0.4) is 0 Å². The van der Waals surface area contributed by atoms with Crippen molar-refractivity contribution in [1.29, 1.82) is 0 Å². The number of hydrogen-bond donors (Lipinski definition) is 2. The molecule has 7 nitrogen and oxygen atoms in total. The van der Waals surface area contributed by atoms with Gasteiger partial charge in [-0.25, -0.2) is 18.7 Å². The minimum Gasteiger partial charge on any atom is -0.350 e. The summed E-state index contributed by atoms with van der Waals surface area (Å²) < 4.78 is 14.8. The monoisotopic (exact) mass is 391 g/mol. The summed E-state index contributed by atoms with van der Waals surface area (Å²) in [6.45, 7) is 3.94. The van der Waals surface area contributed by atoms with Gasteiger partial charge in [0.05, 0.1) is 5.69 Å². The molecular weight excluding hydrogens is 373 g/mol. The maximum Gasteiger partial charge on any atom is 0.334 e. The highest BCUT2D eigenvalue weighted by molar-refractivity contribution is 5.73. The van der Waals surface area contributed by atoms with Crippen molar-refractivity contribution in [1.82, 2.24) is 19.5 Å². The zero-order valence-corrected chi connectivity index (χ0v) is 15.9. The van der Waals surface area contributed by atoms with Crippen LogP contribution in [-0.4, -0.2) is 19.5 Å². The van der Waals surface area contributed by atoms with Crippen LogP contribution < -0.4 is 16.6 Å². The van der Waals surface area contributed by atoms with E-state index in [4.69, 9.17) is 0 Å². The smallest absolute Gasteiger partial charge is 0.334 e. The number of H-pyrrole nitrogens is 1. The summed E-state index contributed by atoms with van der Waals surface area (Å²) in [5, 5.41) is 3.08. The predicted molar refractivity (Wildman–Crippen MR) is 109 cm³/mol. The van der Waals surface area contributed by atoms with Gasteiger partial charge in [-0.05, 0) is 37.1 Å². The van der Waals surface area contributed by atoms with Gasteiger partial charge in [0.2, 0.25) is 5.95 Å². The average Bonchev–Trinajstić information content (AvgIpc) is 2.70. The van der Waals surface area contributed by atoms with Gasteiger partial charge in [-0.1, -0.05) is 30.3 Å². The molecule has 0 radical (unpaired) electrons. The second kappa shape index (κ2) is 7.31. The normalized spacial score (nSPS) is 11.0. The number of nitrogens with one attached hydrogen (secondary N) is 2. The van der Waals surface area contributed by atoms with Gasteiger partial charge >= 0.3 is 5.69 Å². The Balaban J connectivity index is 1.74. The summed E-state index contributed by atoms with van der Waals surface area (Å²) in [5.74, 6) is -0.161. The summed E-state index contributed by atoms with van der Waals surface area (Å²) in [6, 6.07) is 11.8. The largest absolute Gasteiger partial charge is 0.350 e. The van der Waals surface area contributed by atoms with Crippen molar-refractivity contribution in [3.8, 4) is 5.69 Å². The van der Waals surface area contributed by atoms with E-state index in [0.717, 1.165) is 15.7 Å². The average molecular weight is 391 g/mol. The molecule has 0 aliphatic heterocycles. The fourth-order valence-electron chi connectivity index (χ4n) is 3.10. The molecule has 0 unspecified atom stereocenters. The molecule has 2 aromatic heterocycles. The number of aromatic nitrogens is 4. The van der Waals surface area contributed by atoms with Crippen molar-refractivity contribution < 1.29 is 4.39 Å². The fourth-order valence-corrected chi connectivity index (χ4v) is 3.10. The highest BCUT2D eigenvalue weighted by atomic mass is 19.1. The van der Waals surface area contributed by atoms with Crippen molar-refractivity contribution in [2.45, 2.75) is 20.4 Å². The van der Waals surface area contributed by atoms with E-state index in [9.17, 15) is 14.0 Å². The molecule has 0 bridgehead atoms. The van der Waals surface area contributed by atoms with Crippen molar-refractivity contribution in [3.63, 3.8) is 0 Å². The number of aryl methyl sites for hydroxylation is 1. The Morgan fingerprint density at radius 2 is 1.90 bits per heavy atom. The van der Waals surface area contributed by atoms with Gasteiger partial charge < -0.3 is 5.32 Å². The lowest BCUT2D eigenvalue weighted by atomic mass is 10.1. The van der Waals surface area contributed by atoms with Gasteiger partial charge in [0.1, 0.15) is 11.2 Å². The first-order valence-electron chi connectivity index (χ1n) is 9.01. The van der Waals surface area contributed by atoms with E-state index < -0.39 is 11.2 Å². The first-order valence-corrected chi connectivity index (χ1v) is 9.01. The summed E-state index contributed by atoms with van der Waals surface area (Å²) in [5.41, 5.74) is 1.80. The Bertz CT molecular complexity index is 1340. The van der Waals surface area contributed by atoms with Gasteiger partial charge in [-0.2, -0.15) is 4.98 Å². The van der Waals surface area contributed by atoms with Crippen LogP contribution >= 0.6 is 0 Å². The van der Waals surface area contributed by atoms with Crippen LogP contribution in [0.25, 0.3) is 16.7 Å². The Kier molecular flexibility index (Phi) is 4.67. The summed E-state index contributed by atoms with van der Waals surface area (Å²) in [7, 11) is 0. The molecule has 0 amide bonds. The number of anilines is 1. The van der Waals surface area contributed by atoms with Crippen LogP contribution in [0, 0.1) is 19.7 Å². The quantitative estimate of drug-likeness (QED) is 0.558. The van der Waals surface area contributed by atoms with E-state index >= 15 is 0 Å². The second-order valence-corrected chi connectivity index (χ2v) is 6.69. The third kappa shape index (κ3) is 3.40. The lowest BCUT2D eigenvalue weighted by Gasteiger charge is -2.11. The Hall–Kier alpha value is -3.81. The molecule has 0 atom stereocenters. The van der Waals surface area contributed by atoms with E-state index in [0.29, 0.717) is 11.3 Å². The summed E-state index contributed by atoms with van der Waals surface area (Å²) >= 11 is 0. The molecular formula is C21H18FN5O2.